The SMILES string of the molecule is CC#Cc1nn(C)c2c1-c1cnc3[nH]cc(c3c1)C(C)c1cc(F)ccc1C(=O)N(C)C2. The van der Waals surface area contributed by atoms with Crippen LogP contribution in [0, 0.1) is 17.7 Å². The zero-order chi connectivity index (χ0) is 22.6. The van der Waals surface area contributed by atoms with Crippen LogP contribution in [0.3, 0.4) is 0 Å². The van der Waals surface area contributed by atoms with Crippen molar-refractivity contribution in [3.8, 4) is 23.0 Å². The minimum atomic E-state index is -0.367. The van der Waals surface area contributed by atoms with Gasteiger partial charge in [-0.2, -0.15) is 5.10 Å². The first-order chi connectivity index (χ1) is 15.4. The predicted octanol–water partition coefficient (Wildman–Crippen LogP) is 4.21. The fourth-order valence-corrected chi connectivity index (χ4v) is 4.52. The molecule has 0 radical (unpaired) electrons. The lowest BCUT2D eigenvalue weighted by molar-refractivity contribution is 0.0781. The van der Waals surface area contributed by atoms with Crippen molar-refractivity contribution >= 4 is 16.9 Å². The van der Waals surface area contributed by atoms with Crippen LogP contribution in [0.15, 0.2) is 36.7 Å². The van der Waals surface area contributed by atoms with Crippen molar-refractivity contribution in [1.82, 2.24) is 24.6 Å². The second-order valence-corrected chi connectivity index (χ2v) is 8.15. The molecule has 0 saturated heterocycles. The van der Waals surface area contributed by atoms with Crippen LogP contribution >= 0.6 is 0 Å². The second-order valence-electron chi connectivity index (χ2n) is 8.15. The first kappa shape index (κ1) is 20.0. The van der Waals surface area contributed by atoms with Gasteiger partial charge in [-0.1, -0.05) is 12.8 Å². The number of benzene rings is 1. The Labute approximate surface area is 185 Å². The number of H-pyrrole nitrogens is 1. The highest BCUT2D eigenvalue weighted by molar-refractivity contribution is 5.97. The largest absolute Gasteiger partial charge is 0.346 e. The van der Waals surface area contributed by atoms with E-state index in [9.17, 15) is 9.18 Å². The first-order valence-electron chi connectivity index (χ1n) is 10.4. The molecule has 3 aromatic heterocycles. The second kappa shape index (κ2) is 7.34. The maximum Gasteiger partial charge on any atom is 0.254 e. The number of pyridine rings is 1. The molecule has 1 N–H and O–H groups in total. The van der Waals surface area contributed by atoms with Gasteiger partial charge in [-0.25, -0.2) is 9.37 Å². The van der Waals surface area contributed by atoms with E-state index in [2.05, 4.69) is 33.0 Å². The normalized spacial score (nSPS) is 15.6. The number of hydrogen-bond acceptors (Lipinski definition) is 3. The third-order valence-electron chi connectivity index (χ3n) is 6.17. The molecule has 1 aliphatic rings. The molecule has 0 fully saturated rings. The molecule has 6 nitrogen and oxygen atoms in total. The lowest BCUT2D eigenvalue weighted by Gasteiger charge is -2.23. The van der Waals surface area contributed by atoms with Crippen molar-refractivity contribution in [3.05, 3.63) is 70.6 Å². The van der Waals surface area contributed by atoms with E-state index < -0.39 is 0 Å². The smallest absolute Gasteiger partial charge is 0.254 e. The zero-order valence-corrected chi connectivity index (χ0v) is 18.3. The Morgan fingerprint density at radius 1 is 1.22 bits per heavy atom. The lowest BCUT2D eigenvalue weighted by Crippen LogP contribution is -2.29. The van der Waals surface area contributed by atoms with Crippen molar-refractivity contribution in [2.75, 3.05) is 7.05 Å². The van der Waals surface area contributed by atoms with Crippen molar-refractivity contribution < 1.29 is 9.18 Å². The number of aryl methyl sites for hydroxylation is 1. The van der Waals surface area contributed by atoms with Gasteiger partial charge in [-0.05, 0) is 48.2 Å². The molecule has 0 aliphatic carbocycles. The molecule has 4 heterocycles. The number of carbonyl (C=O) groups is 1. The Hall–Kier alpha value is -3.92. The van der Waals surface area contributed by atoms with Gasteiger partial charge < -0.3 is 9.88 Å². The number of fused-ring (bicyclic) bond motifs is 4. The summed E-state index contributed by atoms with van der Waals surface area (Å²) in [6, 6.07) is 6.44. The van der Waals surface area contributed by atoms with Gasteiger partial charge in [0, 0.05) is 54.5 Å². The van der Waals surface area contributed by atoms with Crippen molar-refractivity contribution in [2.45, 2.75) is 26.3 Å². The van der Waals surface area contributed by atoms with Gasteiger partial charge in [0.15, 0.2) is 0 Å². The number of nitrogens with zero attached hydrogens (tertiary/aromatic N) is 4. The van der Waals surface area contributed by atoms with Gasteiger partial charge in [0.2, 0.25) is 0 Å². The molecule has 2 bridgehead atoms. The fraction of sp³-hybridized carbons (Fsp3) is 0.240. The molecule has 1 aromatic carbocycles. The summed E-state index contributed by atoms with van der Waals surface area (Å²) >= 11 is 0. The van der Waals surface area contributed by atoms with E-state index in [0.717, 1.165) is 33.4 Å². The monoisotopic (exact) mass is 427 g/mol. The van der Waals surface area contributed by atoms with E-state index in [-0.39, 0.29) is 17.6 Å². The number of aromatic amines is 1. The van der Waals surface area contributed by atoms with Crippen LogP contribution in [-0.4, -0.2) is 37.6 Å². The number of carbonyl (C=O) groups excluding carboxylic acids is 1. The third-order valence-corrected chi connectivity index (χ3v) is 6.17. The van der Waals surface area contributed by atoms with Crippen molar-refractivity contribution in [3.63, 3.8) is 0 Å². The van der Waals surface area contributed by atoms with E-state index >= 15 is 0 Å². The van der Waals surface area contributed by atoms with Crippen LogP contribution < -0.4 is 0 Å². The van der Waals surface area contributed by atoms with Gasteiger partial charge >= 0.3 is 0 Å². The van der Waals surface area contributed by atoms with Crippen LogP contribution in [0.5, 0.6) is 0 Å². The minimum absolute atomic E-state index is 0.170. The van der Waals surface area contributed by atoms with Crippen LogP contribution in [0.25, 0.3) is 22.2 Å². The lowest BCUT2D eigenvalue weighted by atomic mass is 9.88. The molecule has 160 valence electrons. The van der Waals surface area contributed by atoms with E-state index in [4.69, 9.17) is 0 Å². The summed E-state index contributed by atoms with van der Waals surface area (Å²) in [5.41, 5.74) is 6.08. The molecular weight excluding hydrogens is 405 g/mol. The predicted molar refractivity (Wildman–Crippen MR) is 121 cm³/mol. The highest BCUT2D eigenvalue weighted by atomic mass is 19.1. The van der Waals surface area contributed by atoms with E-state index in [1.165, 1.54) is 12.1 Å². The molecular formula is C25H22FN5O. The van der Waals surface area contributed by atoms with Gasteiger partial charge in [-0.3, -0.25) is 9.48 Å². The Bertz CT molecular complexity index is 1450. The summed E-state index contributed by atoms with van der Waals surface area (Å²) in [6.07, 6.45) is 3.69. The number of rotatable bonds is 0. The van der Waals surface area contributed by atoms with Crippen molar-refractivity contribution in [1.29, 1.82) is 0 Å². The number of amides is 1. The van der Waals surface area contributed by atoms with Gasteiger partial charge in [-0.15, -0.1) is 0 Å². The molecule has 1 atom stereocenters. The maximum atomic E-state index is 14.2. The Morgan fingerprint density at radius 2 is 2.03 bits per heavy atom. The molecule has 32 heavy (non-hydrogen) atoms. The molecule has 5 rings (SSSR count). The zero-order valence-electron chi connectivity index (χ0n) is 18.3. The van der Waals surface area contributed by atoms with Gasteiger partial charge in [0.25, 0.3) is 5.91 Å². The Kier molecular flexibility index (Phi) is 4.59. The van der Waals surface area contributed by atoms with Crippen molar-refractivity contribution in [2.24, 2.45) is 7.05 Å². The van der Waals surface area contributed by atoms with Crippen LogP contribution in [0.1, 0.15) is 52.6 Å². The third kappa shape index (κ3) is 2.99. The highest BCUT2D eigenvalue weighted by Crippen LogP contribution is 2.36. The molecule has 7 heteroatoms. The number of hydrogen-bond donors (Lipinski definition) is 1. The van der Waals surface area contributed by atoms with Gasteiger partial charge in [0.1, 0.15) is 17.2 Å². The van der Waals surface area contributed by atoms with Crippen LogP contribution in [0.2, 0.25) is 0 Å². The van der Waals surface area contributed by atoms with E-state index in [1.54, 1.807) is 35.8 Å². The fourth-order valence-electron chi connectivity index (χ4n) is 4.52. The van der Waals surface area contributed by atoms with E-state index in [0.29, 0.717) is 23.4 Å². The molecule has 1 unspecified atom stereocenters. The summed E-state index contributed by atoms with van der Waals surface area (Å²) in [4.78, 5) is 23.0. The van der Waals surface area contributed by atoms with E-state index in [1.807, 2.05) is 20.2 Å². The topological polar surface area (TPSA) is 66.8 Å². The molecule has 0 saturated carbocycles. The summed E-state index contributed by atoms with van der Waals surface area (Å²) in [7, 11) is 3.60. The first-order valence-corrected chi connectivity index (χ1v) is 10.4. The molecule has 1 amide bonds. The summed E-state index contributed by atoms with van der Waals surface area (Å²) in [5.74, 6) is 5.27. The highest BCUT2D eigenvalue weighted by Gasteiger charge is 2.27. The average Bonchev–Trinajstić information content (AvgIpc) is 3.32. The number of aromatic nitrogens is 4. The van der Waals surface area contributed by atoms with Crippen LogP contribution in [-0.2, 0) is 13.6 Å². The molecule has 0 spiro atoms. The maximum absolute atomic E-state index is 14.2. The minimum Gasteiger partial charge on any atom is -0.346 e. The number of halogens is 1. The van der Waals surface area contributed by atoms with Gasteiger partial charge in [0.05, 0.1) is 12.2 Å². The molecule has 4 aromatic rings. The summed E-state index contributed by atoms with van der Waals surface area (Å²) in [5, 5.41) is 5.54. The standard InChI is InChI=1S/C25H22FN5O/c1-5-6-21-23-15-9-19-20(12-28-24(19)27-11-15)14(2)18-10-16(26)7-8-17(18)25(32)30(3)13-22(23)31(4)29-21/h7-12,14H,13H2,1-4H3,(H,27,28). The average molecular weight is 427 g/mol. The van der Waals surface area contributed by atoms with Crippen LogP contribution in [0.4, 0.5) is 4.39 Å². The summed E-state index contributed by atoms with van der Waals surface area (Å²) in [6.45, 7) is 4.08. The quantitative estimate of drug-likeness (QED) is 0.428. The summed E-state index contributed by atoms with van der Waals surface area (Å²) < 4.78 is 16.0. The Balaban J connectivity index is 1.86. The number of nitrogens with one attached hydrogen (secondary N) is 1. The Morgan fingerprint density at radius 3 is 2.81 bits per heavy atom. The molecule has 1 aliphatic heterocycles.